The first kappa shape index (κ1) is 13.9. The quantitative estimate of drug-likeness (QED) is 0.909. The zero-order valence-electron chi connectivity index (χ0n) is 11.5. The second kappa shape index (κ2) is 6.09. The Kier molecular flexibility index (Phi) is 4.46. The van der Waals surface area contributed by atoms with Gasteiger partial charge in [0, 0.05) is 17.1 Å². The van der Waals surface area contributed by atoms with Crippen LogP contribution in [0.1, 0.15) is 11.1 Å². The summed E-state index contributed by atoms with van der Waals surface area (Å²) in [5, 5.41) is 3.87. The number of methoxy groups -OCH3 is 1. The third-order valence-corrected chi connectivity index (χ3v) is 3.36. The third-order valence-electron chi connectivity index (χ3n) is 3.12. The molecule has 2 aromatic carbocycles. The predicted octanol–water partition coefficient (Wildman–Crippen LogP) is 4.04. The van der Waals surface area contributed by atoms with Gasteiger partial charge in [0.1, 0.15) is 5.75 Å². The molecule has 0 unspecified atom stereocenters. The van der Waals surface area contributed by atoms with E-state index in [2.05, 4.69) is 30.4 Å². The molecule has 1 N–H and O–H groups in total. The highest BCUT2D eigenvalue weighted by atomic mass is 35.5. The van der Waals surface area contributed by atoms with Crippen molar-refractivity contribution in [2.24, 2.45) is 0 Å². The second-order valence-electron chi connectivity index (χ2n) is 4.52. The minimum atomic E-state index is 0.717. The van der Waals surface area contributed by atoms with Crippen LogP contribution in [0.3, 0.4) is 0 Å². The van der Waals surface area contributed by atoms with Gasteiger partial charge < -0.3 is 10.1 Å². The molecule has 100 valence electrons. The fourth-order valence-corrected chi connectivity index (χ4v) is 2.40. The molecule has 0 saturated heterocycles. The fourth-order valence-electron chi connectivity index (χ4n) is 2.23. The van der Waals surface area contributed by atoms with E-state index in [0.29, 0.717) is 0 Å². The molecule has 2 aromatic rings. The third kappa shape index (κ3) is 3.09. The maximum absolute atomic E-state index is 6.09. The Balaban J connectivity index is 2.49. The number of rotatable bonds is 4. The molecule has 0 aromatic heterocycles. The van der Waals surface area contributed by atoms with Crippen molar-refractivity contribution >= 4 is 11.6 Å². The van der Waals surface area contributed by atoms with Crippen molar-refractivity contribution in [2.75, 3.05) is 14.2 Å². The summed E-state index contributed by atoms with van der Waals surface area (Å²) in [6, 6.07) is 12.1. The lowest BCUT2D eigenvalue weighted by molar-refractivity contribution is 0.416. The van der Waals surface area contributed by atoms with Crippen LogP contribution in [-0.4, -0.2) is 14.2 Å². The molecule has 0 saturated carbocycles. The first-order valence-corrected chi connectivity index (χ1v) is 6.61. The Morgan fingerprint density at radius 1 is 1.11 bits per heavy atom. The number of benzene rings is 2. The molecule has 3 heteroatoms. The van der Waals surface area contributed by atoms with E-state index in [1.807, 2.05) is 25.2 Å². The molecule has 0 fully saturated rings. The molecule has 0 atom stereocenters. The molecule has 0 radical (unpaired) electrons. The van der Waals surface area contributed by atoms with E-state index in [1.54, 1.807) is 7.11 Å². The number of hydrogen-bond donors (Lipinski definition) is 1. The van der Waals surface area contributed by atoms with Crippen molar-refractivity contribution in [3.63, 3.8) is 0 Å². The molecule has 19 heavy (non-hydrogen) atoms. The topological polar surface area (TPSA) is 21.3 Å². The van der Waals surface area contributed by atoms with Crippen molar-refractivity contribution in [1.29, 1.82) is 0 Å². The van der Waals surface area contributed by atoms with Gasteiger partial charge in [-0.2, -0.15) is 0 Å². The van der Waals surface area contributed by atoms with Gasteiger partial charge in [0.05, 0.1) is 7.11 Å². The van der Waals surface area contributed by atoms with E-state index in [4.69, 9.17) is 16.3 Å². The Morgan fingerprint density at radius 2 is 1.89 bits per heavy atom. The number of halogens is 1. The second-order valence-corrected chi connectivity index (χ2v) is 4.96. The lowest BCUT2D eigenvalue weighted by atomic mass is 9.97. The average molecular weight is 276 g/mol. The standard InChI is InChI=1S/C16H18ClNO/c1-11-8-12(10-18-2)4-6-14(11)15-9-13(17)5-7-16(15)19-3/h4-9,18H,10H2,1-3H3. The van der Waals surface area contributed by atoms with Gasteiger partial charge in [-0.25, -0.2) is 0 Å². The lowest BCUT2D eigenvalue weighted by Gasteiger charge is -2.13. The van der Waals surface area contributed by atoms with Gasteiger partial charge >= 0.3 is 0 Å². The SMILES string of the molecule is CNCc1ccc(-c2cc(Cl)ccc2OC)c(C)c1. The fraction of sp³-hybridized carbons (Fsp3) is 0.250. The van der Waals surface area contributed by atoms with Gasteiger partial charge in [0.15, 0.2) is 0 Å². The highest BCUT2D eigenvalue weighted by molar-refractivity contribution is 6.31. The minimum absolute atomic E-state index is 0.717. The molecule has 0 aliphatic carbocycles. The van der Waals surface area contributed by atoms with E-state index in [9.17, 15) is 0 Å². The van der Waals surface area contributed by atoms with Crippen LogP contribution in [0.2, 0.25) is 5.02 Å². The van der Waals surface area contributed by atoms with Gasteiger partial charge in [0.2, 0.25) is 0 Å². The van der Waals surface area contributed by atoms with Gasteiger partial charge in [-0.15, -0.1) is 0 Å². The van der Waals surface area contributed by atoms with Crippen LogP contribution in [0.5, 0.6) is 5.75 Å². The largest absolute Gasteiger partial charge is 0.496 e. The summed E-state index contributed by atoms with van der Waals surface area (Å²) in [5.41, 5.74) is 4.67. The number of nitrogens with one attached hydrogen (secondary N) is 1. The first-order valence-electron chi connectivity index (χ1n) is 6.23. The molecule has 0 heterocycles. The Labute approximate surface area is 119 Å². The molecule has 0 spiro atoms. The average Bonchev–Trinajstić information content (AvgIpc) is 2.39. The number of ether oxygens (including phenoxy) is 1. The lowest BCUT2D eigenvalue weighted by Crippen LogP contribution is -2.05. The van der Waals surface area contributed by atoms with Crippen molar-refractivity contribution in [2.45, 2.75) is 13.5 Å². The van der Waals surface area contributed by atoms with E-state index >= 15 is 0 Å². The smallest absolute Gasteiger partial charge is 0.126 e. The van der Waals surface area contributed by atoms with Crippen LogP contribution in [-0.2, 0) is 6.54 Å². The van der Waals surface area contributed by atoms with Crippen molar-refractivity contribution in [3.8, 4) is 16.9 Å². The summed E-state index contributed by atoms with van der Waals surface area (Å²) in [6.45, 7) is 2.97. The summed E-state index contributed by atoms with van der Waals surface area (Å²) in [4.78, 5) is 0. The molecule has 2 rings (SSSR count). The first-order chi connectivity index (χ1) is 9.15. The Morgan fingerprint density at radius 3 is 2.53 bits per heavy atom. The van der Waals surface area contributed by atoms with Crippen molar-refractivity contribution < 1.29 is 4.74 Å². The minimum Gasteiger partial charge on any atom is -0.496 e. The molecule has 0 aliphatic heterocycles. The van der Waals surface area contributed by atoms with Crippen LogP contribution >= 0.6 is 11.6 Å². The summed E-state index contributed by atoms with van der Waals surface area (Å²) in [7, 11) is 3.63. The Hall–Kier alpha value is -1.51. The van der Waals surface area contributed by atoms with E-state index in [1.165, 1.54) is 11.1 Å². The molecule has 2 nitrogen and oxygen atoms in total. The molecule has 0 bridgehead atoms. The van der Waals surface area contributed by atoms with Crippen LogP contribution in [0.15, 0.2) is 36.4 Å². The van der Waals surface area contributed by atoms with Crippen LogP contribution in [0, 0.1) is 6.92 Å². The summed E-state index contributed by atoms with van der Waals surface area (Å²) < 4.78 is 5.42. The summed E-state index contributed by atoms with van der Waals surface area (Å²) in [5.74, 6) is 0.842. The van der Waals surface area contributed by atoms with Gasteiger partial charge in [-0.1, -0.05) is 29.8 Å². The monoisotopic (exact) mass is 275 g/mol. The van der Waals surface area contributed by atoms with Crippen molar-refractivity contribution in [3.05, 3.63) is 52.5 Å². The molecule has 0 amide bonds. The van der Waals surface area contributed by atoms with Gasteiger partial charge in [0.25, 0.3) is 0 Å². The van der Waals surface area contributed by atoms with Crippen LogP contribution in [0.4, 0.5) is 0 Å². The van der Waals surface area contributed by atoms with Crippen molar-refractivity contribution in [1.82, 2.24) is 5.32 Å². The summed E-state index contributed by atoms with van der Waals surface area (Å²) >= 11 is 6.09. The highest BCUT2D eigenvalue weighted by Crippen LogP contribution is 2.34. The highest BCUT2D eigenvalue weighted by Gasteiger charge is 2.09. The summed E-state index contributed by atoms with van der Waals surface area (Å²) in [6.07, 6.45) is 0. The number of aryl methyl sites for hydroxylation is 1. The zero-order chi connectivity index (χ0) is 13.8. The van der Waals surface area contributed by atoms with E-state index in [-0.39, 0.29) is 0 Å². The van der Waals surface area contributed by atoms with Crippen LogP contribution < -0.4 is 10.1 Å². The number of hydrogen-bond acceptors (Lipinski definition) is 2. The molecule has 0 aliphatic rings. The molecular weight excluding hydrogens is 258 g/mol. The van der Waals surface area contributed by atoms with E-state index in [0.717, 1.165) is 28.4 Å². The zero-order valence-corrected chi connectivity index (χ0v) is 12.2. The predicted molar refractivity (Wildman–Crippen MR) is 80.9 cm³/mol. The maximum atomic E-state index is 6.09. The van der Waals surface area contributed by atoms with Crippen LogP contribution in [0.25, 0.3) is 11.1 Å². The maximum Gasteiger partial charge on any atom is 0.126 e. The van der Waals surface area contributed by atoms with Gasteiger partial charge in [-0.05, 0) is 48.9 Å². The van der Waals surface area contributed by atoms with Gasteiger partial charge in [-0.3, -0.25) is 0 Å². The normalized spacial score (nSPS) is 10.5. The Bertz CT molecular complexity index is 581. The molecular formula is C16H18ClNO. The van der Waals surface area contributed by atoms with E-state index < -0.39 is 0 Å².